The molecule has 1 fully saturated rings. The first-order chi connectivity index (χ1) is 13.5. The van der Waals surface area contributed by atoms with Crippen LogP contribution in [-0.4, -0.2) is 41.7 Å². The number of esters is 1. The third-order valence-corrected chi connectivity index (χ3v) is 5.28. The summed E-state index contributed by atoms with van der Waals surface area (Å²) < 4.78 is 20.6. The van der Waals surface area contributed by atoms with Crippen molar-refractivity contribution in [3.05, 3.63) is 59.2 Å². The number of nitrogens with zero attached hydrogens (tertiary/aromatic N) is 2. The zero-order valence-electron chi connectivity index (χ0n) is 17.0. The van der Waals surface area contributed by atoms with Gasteiger partial charge in [-0.05, 0) is 82.6 Å². The number of ether oxygens (including phenoxy) is 1. The fourth-order valence-electron chi connectivity index (χ4n) is 3.97. The Morgan fingerprint density at radius 1 is 1.14 bits per heavy atom. The molecule has 1 aliphatic heterocycles. The monoisotopic (exact) mass is 384 g/mol. The summed E-state index contributed by atoms with van der Waals surface area (Å²) in [5.41, 5.74) is 5.02. The van der Waals surface area contributed by atoms with E-state index in [1.165, 1.54) is 31.4 Å². The molecule has 1 aromatic carbocycles. The normalized spacial score (nSPS) is 15.6. The minimum absolute atomic E-state index is 0.251. The Balaban J connectivity index is 1.98. The lowest BCUT2D eigenvalue weighted by Crippen LogP contribution is -2.31. The first kappa shape index (κ1) is 20.3. The summed E-state index contributed by atoms with van der Waals surface area (Å²) in [6, 6.07) is 8.60. The zero-order valence-corrected chi connectivity index (χ0v) is 17.0. The zero-order chi connectivity index (χ0) is 20.1. The van der Waals surface area contributed by atoms with Gasteiger partial charge in [-0.2, -0.15) is 0 Å². The van der Waals surface area contributed by atoms with Crippen LogP contribution in [0.1, 0.15) is 43.1 Å². The van der Waals surface area contributed by atoms with Gasteiger partial charge in [-0.25, -0.2) is 9.18 Å². The summed E-state index contributed by atoms with van der Waals surface area (Å²) in [5, 5.41) is 0. The van der Waals surface area contributed by atoms with Gasteiger partial charge in [0.05, 0.1) is 6.61 Å². The van der Waals surface area contributed by atoms with Crippen LogP contribution in [0.5, 0.6) is 0 Å². The molecule has 0 radical (unpaired) electrons. The van der Waals surface area contributed by atoms with E-state index in [0.717, 1.165) is 47.8 Å². The fourth-order valence-corrected chi connectivity index (χ4v) is 3.97. The molecule has 0 unspecified atom stereocenters. The molecule has 2 heterocycles. The number of piperidine rings is 1. The molecule has 2 aromatic rings. The van der Waals surface area contributed by atoms with Crippen molar-refractivity contribution in [3.63, 3.8) is 0 Å². The number of aromatic nitrogens is 1. The van der Waals surface area contributed by atoms with E-state index in [9.17, 15) is 9.18 Å². The number of aryl methyl sites for hydroxylation is 1. The molecule has 1 aliphatic rings. The van der Waals surface area contributed by atoms with Crippen LogP contribution in [0.3, 0.4) is 0 Å². The van der Waals surface area contributed by atoms with Crippen LogP contribution < -0.4 is 0 Å². The average molecular weight is 384 g/mol. The number of likely N-dealkylation sites (tertiary alicyclic amines) is 1. The lowest BCUT2D eigenvalue weighted by Gasteiger charge is -2.27. The highest BCUT2D eigenvalue weighted by molar-refractivity contribution is 5.92. The second kappa shape index (κ2) is 9.20. The van der Waals surface area contributed by atoms with Gasteiger partial charge in [0.15, 0.2) is 0 Å². The van der Waals surface area contributed by atoms with Gasteiger partial charge >= 0.3 is 5.97 Å². The van der Waals surface area contributed by atoms with Crippen LogP contribution in [0.2, 0.25) is 0 Å². The first-order valence-corrected chi connectivity index (χ1v) is 10.0. The highest BCUT2D eigenvalue weighted by Crippen LogP contribution is 2.28. The Kier molecular flexibility index (Phi) is 6.68. The maximum atomic E-state index is 13.3. The van der Waals surface area contributed by atoms with Crippen molar-refractivity contribution >= 4 is 11.5 Å². The minimum atomic E-state index is -0.305. The summed E-state index contributed by atoms with van der Waals surface area (Å²) in [6.07, 6.45) is 5.30. The SMILES string of the molecule is CCOC(=O)/C=C(\CN1CCCCC1)c1cc(C)n(-c2ccc(F)cc2)c1C. The molecule has 1 aromatic heterocycles. The average Bonchev–Trinajstić information content (AvgIpc) is 2.97. The number of carbonyl (C=O) groups excluding carboxylic acids is 1. The standard InChI is InChI=1S/C23H29FN2O2/c1-4-28-23(27)15-19(16-25-12-6-5-7-13-25)22-14-17(2)26(18(22)3)21-10-8-20(24)9-11-21/h8-11,14-15H,4-7,12-13,16H2,1-3H3/b19-15+. The second-order valence-corrected chi connectivity index (χ2v) is 7.36. The first-order valence-electron chi connectivity index (χ1n) is 10.0. The molecule has 5 heteroatoms. The molecule has 0 saturated carbocycles. The van der Waals surface area contributed by atoms with Gasteiger partial charge in [-0.15, -0.1) is 0 Å². The third kappa shape index (κ3) is 4.71. The van der Waals surface area contributed by atoms with Crippen molar-refractivity contribution in [2.45, 2.75) is 40.0 Å². The van der Waals surface area contributed by atoms with E-state index in [-0.39, 0.29) is 11.8 Å². The van der Waals surface area contributed by atoms with E-state index in [1.807, 2.05) is 20.8 Å². The fraction of sp³-hybridized carbons (Fsp3) is 0.435. The summed E-state index contributed by atoms with van der Waals surface area (Å²) in [7, 11) is 0. The number of rotatable bonds is 6. The largest absolute Gasteiger partial charge is 0.463 e. The molecule has 0 atom stereocenters. The van der Waals surface area contributed by atoms with Crippen LogP contribution in [0.15, 0.2) is 36.4 Å². The second-order valence-electron chi connectivity index (χ2n) is 7.36. The van der Waals surface area contributed by atoms with E-state index < -0.39 is 0 Å². The van der Waals surface area contributed by atoms with Gasteiger partial charge in [-0.3, -0.25) is 4.90 Å². The van der Waals surface area contributed by atoms with Crippen molar-refractivity contribution in [2.24, 2.45) is 0 Å². The van der Waals surface area contributed by atoms with Gasteiger partial charge in [-0.1, -0.05) is 6.42 Å². The quantitative estimate of drug-likeness (QED) is 0.536. The Labute approximate surface area is 166 Å². The molecule has 28 heavy (non-hydrogen) atoms. The maximum Gasteiger partial charge on any atom is 0.331 e. The van der Waals surface area contributed by atoms with Gasteiger partial charge in [0.1, 0.15) is 5.82 Å². The van der Waals surface area contributed by atoms with Crippen molar-refractivity contribution in [2.75, 3.05) is 26.2 Å². The van der Waals surface area contributed by atoms with E-state index >= 15 is 0 Å². The highest BCUT2D eigenvalue weighted by Gasteiger charge is 2.19. The molecule has 150 valence electrons. The van der Waals surface area contributed by atoms with E-state index in [1.54, 1.807) is 18.2 Å². The van der Waals surface area contributed by atoms with Crippen LogP contribution in [-0.2, 0) is 9.53 Å². The van der Waals surface area contributed by atoms with Crippen LogP contribution >= 0.6 is 0 Å². The summed E-state index contributed by atoms with van der Waals surface area (Å²) in [5.74, 6) is -0.555. The summed E-state index contributed by atoms with van der Waals surface area (Å²) in [4.78, 5) is 14.6. The predicted octanol–water partition coefficient (Wildman–Crippen LogP) is 4.67. The molecule has 0 amide bonds. The Hall–Kier alpha value is -2.40. The Morgan fingerprint density at radius 3 is 2.46 bits per heavy atom. The van der Waals surface area contributed by atoms with E-state index in [0.29, 0.717) is 6.61 Å². The molecule has 0 spiro atoms. The third-order valence-electron chi connectivity index (χ3n) is 5.28. The summed E-state index contributed by atoms with van der Waals surface area (Å²) in [6.45, 7) is 9.08. The van der Waals surface area contributed by atoms with Crippen LogP contribution in [0.4, 0.5) is 4.39 Å². The number of hydrogen-bond acceptors (Lipinski definition) is 3. The van der Waals surface area contributed by atoms with Gasteiger partial charge in [0, 0.05) is 35.3 Å². The molecular weight excluding hydrogens is 355 g/mol. The number of benzene rings is 1. The maximum absolute atomic E-state index is 13.3. The van der Waals surface area contributed by atoms with Gasteiger partial charge in [0.2, 0.25) is 0 Å². The molecule has 4 nitrogen and oxygen atoms in total. The molecule has 0 bridgehead atoms. The Bertz CT molecular complexity index is 846. The molecule has 3 rings (SSSR count). The number of carbonyl (C=O) groups is 1. The van der Waals surface area contributed by atoms with Crippen molar-refractivity contribution in [3.8, 4) is 5.69 Å². The molecule has 1 saturated heterocycles. The molecule has 0 aliphatic carbocycles. The molecule has 0 N–H and O–H groups in total. The number of hydrogen-bond donors (Lipinski definition) is 0. The van der Waals surface area contributed by atoms with Crippen LogP contribution in [0, 0.1) is 19.7 Å². The lowest BCUT2D eigenvalue weighted by molar-refractivity contribution is -0.137. The van der Waals surface area contributed by atoms with Crippen LogP contribution in [0.25, 0.3) is 11.3 Å². The van der Waals surface area contributed by atoms with Gasteiger partial charge in [0.25, 0.3) is 0 Å². The highest BCUT2D eigenvalue weighted by atomic mass is 19.1. The van der Waals surface area contributed by atoms with E-state index in [4.69, 9.17) is 4.74 Å². The van der Waals surface area contributed by atoms with Crippen molar-refractivity contribution in [1.29, 1.82) is 0 Å². The lowest BCUT2D eigenvalue weighted by atomic mass is 10.0. The Morgan fingerprint density at radius 2 is 1.82 bits per heavy atom. The van der Waals surface area contributed by atoms with E-state index in [2.05, 4.69) is 15.5 Å². The molecular formula is C23H29FN2O2. The van der Waals surface area contributed by atoms with Crippen molar-refractivity contribution in [1.82, 2.24) is 9.47 Å². The minimum Gasteiger partial charge on any atom is -0.463 e. The smallest absolute Gasteiger partial charge is 0.331 e. The predicted molar refractivity (Wildman–Crippen MR) is 110 cm³/mol. The topological polar surface area (TPSA) is 34.5 Å². The number of halogens is 1. The van der Waals surface area contributed by atoms with Crippen molar-refractivity contribution < 1.29 is 13.9 Å². The summed E-state index contributed by atoms with van der Waals surface area (Å²) >= 11 is 0. The van der Waals surface area contributed by atoms with Gasteiger partial charge < -0.3 is 9.30 Å².